The summed E-state index contributed by atoms with van der Waals surface area (Å²) in [7, 11) is 0. The lowest BCUT2D eigenvalue weighted by Gasteiger charge is -2.51. The molecule has 0 radical (unpaired) electrons. The van der Waals surface area contributed by atoms with Gasteiger partial charge < -0.3 is 0 Å². The van der Waals surface area contributed by atoms with Crippen molar-refractivity contribution in [1.29, 1.82) is 0 Å². The van der Waals surface area contributed by atoms with Gasteiger partial charge in [-0.25, -0.2) is 0 Å². The number of hydrogen-bond donors (Lipinski definition) is 0. The van der Waals surface area contributed by atoms with E-state index in [0.29, 0.717) is 11.2 Å². The Balaban J connectivity index is 2.20. The van der Waals surface area contributed by atoms with Crippen LogP contribution in [0.1, 0.15) is 33.1 Å². The normalized spacial score (nSPS) is 65.1. The molecule has 4 atom stereocenters. The Morgan fingerprint density at radius 3 is 2.45 bits per heavy atom. The molecule has 0 spiro atoms. The van der Waals surface area contributed by atoms with Gasteiger partial charge in [0.2, 0.25) is 0 Å². The standard InChI is InChI=1S/C10H14O/c1-9-5-7-3-6(9)4-8(11)10(7,9)2/h6-7H,3-5H2,1-2H3/t6-,7-,9+,10+/m0/s1. The molecule has 0 heterocycles. The third-order valence-electron chi connectivity index (χ3n) is 5.15. The summed E-state index contributed by atoms with van der Waals surface area (Å²) in [6, 6.07) is 0. The van der Waals surface area contributed by atoms with Gasteiger partial charge in [-0.2, -0.15) is 0 Å². The fraction of sp³-hybridized carbons (Fsp3) is 0.900. The van der Waals surface area contributed by atoms with E-state index in [1.807, 2.05) is 0 Å². The van der Waals surface area contributed by atoms with Crippen molar-refractivity contribution in [3.8, 4) is 0 Å². The predicted octanol–water partition coefficient (Wildman–Crippen LogP) is 2.01. The number of Topliss-reactive ketones (excluding diaryl/α,β-unsaturated/α-hetero) is 1. The Labute approximate surface area is 67.2 Å². The van der Waals surface area contributed by atoms with Crippen molar-refractivity contribution in [3.05, 3.63) is 0 Å². The molecular formula is C10H14O. The zero-order valence-corrected chi connectivity index (χ0v) is 7.18. The van der Waals surface area contributed by atoms with E-state index in [1.165, 1.54) is 12.8 Å². The zero-order chi connectivity index (χ0) is 7.85. The molecule has 0 aromatic heterocycles. The molecule has 1 heteroatoms. The molecule has 0 aromatic carbocycles. The Bertz CT molecular complexity index is 256. The maximum atomic E-state index is 11.6. The Morgan fingerprint density at radius 1 is 1.36 bits per heavy atom. The lowest BCUT2D eigenvalue weighted by atomic mass is 9.51. The van der Waals surface area contributed by atoms with Crippen molar-refractivity contribution in [1.82, 2.24) is 0 Å². The summed E-state index contributed by atoms with van der Waals surface area (Å²) in [5.74, 6) is 2.08. The van der Waals surface area contributed by atoms with Gasteiger partial charge in [-0.1, -0.05) is 13.8 Å². The van der Waals surface area contributed by atoms with Crippen LogP contribution >= 0.6 is 0 Å². The Hall–Kier alpha value is -0.330. The molecule has 0 N–H and O–H groups in total. The molecule has 1 nitrogen and oxygen atoms in total. The van der Waals surface area contributed by atoms with Gasteiger partial charge >= 0.3 is 0 Å². The molecule has 0 unspecified atom stereocenters. The maximum absolute atomic E-state index is 11.6. The van der Waals surface area contributed by atoms with Crippen molar-refractivity contribution in [2.24, 2.45) is 22.7 Å². The molecule has 4 saturated carbocycles. The van der Waals surface area contributed by atoms with E-state index in [4.69, 9.17) is 0 Å². The van der Waals surface area contributed by atoms with Crippen LogP contribution in [0.25, 0.3) is 0 Å². The van der Waals surface area contributed by atoms with Crippen LogP contribution < -0.4 is 0 Å². The topological polar surface area (TPSA) is 17.1 Å². The van der Waals surface area contributed by atoms with Gasteiger partial charge in [-0.05, 0) is 30.1 Å². The van der Waals surface area contributed by atoms with E-state index in [-0.39, 0.29) is 5.41 Å². The van der Waals surface area contributed by atoms with Crippen LogP contribution in [0.15, 0.2) is 0 Å². The molecule has 60 valence electrons. The summed E-state index contributed by atoms with van der Waals surface area (Å²) >= 11 is 0. The van der Waals surface area contributed by atoms with Gasteiger partial charge in [-0.15, -0.1) is 0 Å². The number of rotatable bonds is 0. The molecule has 4 aliphatic rings. The maximum Gasteiger partial charge on any atom is 0.139 e. The van der Waals surface area contributed by atoms with Gasteiger partial charge in [0.25, 0.3) is 0 Å². The number of carbonyl (C=O) groups excluding carboxylic acids is 1. The highest BCUT2D eigenvalue weighted by molar-refractivity contribution is 5.91. The molecule has 4 fully saturated rings. The molecule has 11 heavy (non-hydrogen) atoms. The molecule has 0 aliphatic heterocycles. The monoisotopic (exact) mass is 150 g/mol. The minimum atomic E-state index is 0.123. The van der Waals surface area contributed by atoms with Crippen molar-refractivity contribution < 1.29 is 4.79 Å². The van der Waals surface area contributed by atoms with Crippen LogP contribution in [-0.2, 0) is 4.79 Å². The molecule has 0 amide bonds. The van der Waals surface area contributed by atoms with E-state index in [9.17, 15) is 4.79 Å². The first-order valence-electron chi connectivity index (χ1n) is 4.62. The zero-order valence-electron chi connectivity index (χ0n) is 7.18. The van der Waals surface area contributed by atoms with E-state index >= 15 is 0 Å². The summed E-state index contributed by atoms with van der Waals surface area (Å²) in [5, 5.41) is 0. The second-order valence-electron chi connectivity index (χ2n) is 5.08. The predicted molar refractivity (Wildman–Crippen MR) is 42.1 cm³/mol. The van der Waals surface area contributed by atoms with Crippen molar-refractivity contribution in [2.45, 2.75) is 33.1 Å². The summed E-state index contributed by atoms with van der Waals surface area (Å²) in [5.41, 5.74) is 0.548. The smallest absolute Gasteiger partial charge is 0.139 e. The third-order valence-corrected chi connectivity index (χ3v) is 5.15. The van der Waals surface area contributed by atoms with Crippen molar-refractivity contribution in [2.75, 3.05) is 0 Å². The Kier molecular flexibility index (Phi) is 0.733. The number of hydrogen-bond acceptors (Lipinski definition) is 1. The van der Waals surface area contributed by atoms with Gasteiger partial charge in [0.05, 0.1) is 0 Å². The number of carbonyl (C=O) groups is 1. The molecule has 0 aromatic rings. The highest BCUT2D eigenvalue weighted by atomic mass is 16.1. The second-order valence-corrected chi connectivity index (χ2v) is 5.08. The molecular weight excluding hydrogens is 136 g/mol. The highest BCUT2D eigenvalue weighted by Gasteiger charge is 2.75. The van der Waals surface area contributed by atoms with Gasteiger partial charge in [0, 0.05) is 11.8 Å². The van der Waals surface area contributed by atoms with Crippen LogP contribution in [0.4, 0.5) is 0 Å². The quantitative estimate of drug-likeness (QED) is 0.516. The Morgan fingerprint density at radius 2 is 2.09 bits per heavy atom. The highest BCUT2D eigenvalue weighted by Crippen LogP contribution is 2.78. The lowest BCUT2D eigenvalue weighted by Crippen LogP contribution is -2.50. The van der Waals surface area contributed by atoms with Gasteiger partial charge in [0.1, 0.15) is 5.78 Å². The first-order valence-corrected chi connectivity index (χ1v) is 4.62. The minimum absolute atomic E-state index is 0.123. The van der Waals surface area contributed by atoms with E-state index in [1.54, 1.807) is 0 Å². The second kappa shape index (κ2) is 1.30. The van der Waals surface area contributed by atoms with Crippen molar-refractivity contribution in [3.63, 3.8) is 0 Å². The van der Waals surface area contributed by atoms with Crippen LogP contribution in [0.3, 0.4) is 0 Å². The van der Waals surface area contributed by atoms with E-state index in [2.05, 4.69) is 13.8 Å². The summed E-state index contributed by atoms with van der Waals surface area (Å²) < 4.78 is 0. The van der Waals surface area contributed by atoms with Gasteiger partial charge in [-0.3, -0.25) is 4.79 Å². The largest absolute Gasteiger partial charge is 0.299 e. The molecule has 4 bridgehead atoms. The SMILES string of the molecule is C[C@]12C(=O)C[C@@H]3C[C@H]1C[C@]32C. The van der Waals surface area contributed by atoms with Crippen LogP contribution in [0.5, 0.6) is 0 Å². The minimum Gasteiger partial charge on any atom is -0.299 e. The fourth-order valence-electron chi connectivity index (χ4n) is 4.07. The number of ketones is 1. The summed E-state index contributed by atoms with van der Waals surface area (Å²) in [4.78, 5) is 11.6. The van der Waals surface area contributed by atoms with Crippen LogP contribution in [0, 0.1) is 22.7 Å². The lowest BCUT2D eigenvalue weighted by molar-refractivity contribution is -0.142. The molecule has 4 aliphatic carbocycles. The average Bonchev–Trinajstić information content (AvgIpc) is 2.40. The van der Waals surface area contributed by atoms with Crippen LogP contribution in [0.2, 0.25) is 0 Å². The van der Waals surface area contributed by atoms with E-state index in [0.717, 1.165) is 18.3 Å². The summed E-state index contributed by atoms with van der Waals surface area (Å²) in [6.45, 7) is 4.53. The summed E-state index contributed by atoms with van der Waals surface area (Å²) in [6.07, 6.45) is 3.57. The first-order chi connectivity index (χ1) is 5.09. The third kappa shape index (κ3) is 0.361. The first kappa shape index (κ1) is 6.22. The molecule has 4 rings (SSSR count). The molecule has 0 saturated heterocycles. The van der Waals surface area contributed by atoms with Gasteiger partial charge in [0.15, 0.2) is 0 Å². The average molecular weight is 150 g/mol. The van der Waals surface area contributed by atoms with E-state index < -0.39 is 0 Å². The fourth-order valence-corrected chi connectivity index (χ4v) is 4.07. The van der Waals surface area contributed by atoms with Crippen LogP contribution in [-0.4, -0.2) is 5.78 Å². The van der Waals surface area contributed by atoms with Crippen molar-refractivity contribution >= 4 is 5.78 Å².